The average molecular weight is 684 g/mol. The summed E-state index contributed by atoms with van der Waals surface area (Å²) >= 11 is 0. The monoisotopic (exact) mass is 683 g/mol. The summed E-state index contributed by atoms with van der Waals surface area (Å²) in [5, 5.41) is 9.65. The smallest absolute Gasteiger partial charge is 0.336 e. The molecule has 1 heterocycles. The van der Waals surface area contributed by atoms with Crippen molar-refractivity contribution in [1.29, 1.82) is 5.26 Å². The fourth-order valence-corrected chi connectivity index (χ4v) is 5.91. The molecule has 0 saturated carbocycles. The van der Waals surface area contributed by atoms with Crippen molar-refractivity contribution in [2.75, 3.05) is 26.2 Å². The van der Waals surface area contributed by atoms with Gasteiger partial charge in [0.1, 0.15) is 24.3 Å². The van der Waals surface area contributed by atoms with E-state index in [9.17, 15) is 32.4 Å². The molecule has 5 rings (SSSR count). The number of carbonyl (C=O) groups is 1. The number of nitrogens with zero attached hydrogens (tertiary/aromatic N) is 5. The van der Waals surface area contributed by atoms with Crippen molar-refractivity contribution in [2.24, 2.45) is 0 Å². The highest BCUT2D eigenvalue weighted by atomic mass is 19.4. The third-order valence-electron chi connectivity index (χ3n) is 8.86. The lowest BCUT2D eigenvalue weighted by atomic mass is 10.0. The third kappa shape index (κ3) is 8.62. The number of alkyl halides is 3. The maximum Gasteiger partial charge on any atom is 0.416 e. The molecule has 5 aromatic rings. The molecule has 11 heteroatoms. The quantitative estimate of drug-likeness (QED) is 0.122. The highest BCUT2D eigenvalue weighted by molar-refractivity contribution is 5.82. The van der Waals surface area contributed by atoms with Crippen molar-refractivity contribution in [1.82, 2.24) is 19.4 Å². The summed E-state index contributed by atoms with van der Waals surface area (Å²) in [5.74, 6) is -0.398. The number of para-hydroxylation sites is 1. The second-order valence-electron chi connectivity index (χ2n) is 12.0. The van der Waals surface area contributed by atoms with Crippen LogP contribution in [0.4, 0.5) is 17.6 Å². The van der Waals surface area contributed by atoms with Crippen LogP contribution in [-0.2, 0) is 36.9 Å². The summed E-state index contributed by atoms with van der Waals surface area (Å²) in [6, 6.07) is 25.5. The van der Waals surface area contributed by atoms with Gasteiger partial charge >= 0.3 is 6.18 Å². The van der Waals surface area contributed by atoms with Crippen LogP contribution >= 0.6 is 0 Å². The predicted octanol–water partition coefficient (Wildman–Crippen LogP) is 7.25. The normalized spacial score (nSPS) is 11.6. The van der Waals surface area contributed by atoms with Crippen molar-refractivity contribution in [3.63, 3.8) is 0 Å². The predicted molar refractivity (Wildman–Crippen MR) is 185 cm³/mol. The number of likely N-dealkylation sites (N-methyl/N-ethyl adjacent to an activating group) is 1. The molecule has 0 fully saturated rings. The van der Waals surface area contributed by atoms with Gasteiger partial charge in [0.05, 0.1) is 22.0 Å². The highest BCUT2D eigenvalue weighted by Gasteiger charge is 2.30. The first-order valence-corrected chi connectivity index (χ1v) is 16.4. The third-order valence-corrected chi connectivity index (χ3v) is 8.86. The maximum absolute atomic E-state index is 14.2. The molecule has 0 saturated heterocycles. The van der Waals surface area contributed by atoms with Gasteiger partial charge in [-0.05, 0) is 78.2 Å². The minimum atomic E-state index is -4.41. The summed E-state index contributed by atoms with van der Waals surface area (Å²) in [6.45, 7) is 7.03. The number of carbonyl (C=O) groups excluding carboxylic acids is 1. The fraction of sp³-hybridized carbons (Fsp3) is 0.282. The largest absolute Gasteiger partial charge is 0.416 e. The summed E-state index contributed by atoms with van der Waals surface area (Å²) in [6.07, 6.45) is -3.77. The zero-order valence-corrected chi connectivity index (χ0v) is 27.9. The Bertz CT molecular complexity index is 2050. The van der Waals surface area contributed by atoms with Gasteiger partial charge in [-0.3, -0.25) is 9.59 Å². The molecule has 0 radical (unpaired) electrons. The van der Waals surface area contributed by atoms with Gasteiger partial charge in [0.2, 0.25) is 5.91 Å². The van der Waals surface area contributed by atoms with Gasteiger partial charge in [0, 0.05) is 26.1 Å². The molecule has 0 unspecified atom stereocenters. The Morgan fingerprint density at radius 1 is 0.860 bits per heavy atom. The molecule has 7 nitrogen and oxygen atoms in total. The van der Waals surface area contributed by atoms with E-state index in [4.69, 9.17) is 0 Å². The molecule has 0 bridgehead atoms. The maximum atomic E-state index is 14.2. The first-order chi connectivity index (χ1) is 24.0. The van der Waals surface area contributed by atoms with Gasteiger partial charge in [-0.25, -0.2) is 4.39 Å². The van der Waals surface area contributed by atoms with E-state index in [1.807, 2.05) is 30.3 Å². The zero-order chi connectivity index (χ0) is 35.8. The molecule has 258 valence electrons. The van der Waals surface area contributed by atoms with Crippen LogP contribution in [0.5, 0.6) is 0 Å². The molecule has 0 atom stereocenters. The summed E-state index contributed by atoms with van der Waals surface area (Å²) < 4.78 is 54.8. The van der Waals surface area contributed by atoms with Crippen LogP contribution in [0.25, 0.3) is 22.0 Å². The molecule has 1 aromatic heterocycles. The number of hydrogen-bond donors (Lipinski definition) is 0. The molecule has 0 aliphatic rings. The average Bonchev–Trinajstić information content (AvgIpc) is 3.12. The number of aromatic nitrogens is 2. The molecule has 50 heavy (non-hydrogen) atoms. The van der Waals surface area contributed by atoms with E-state index >= 15 is 0 Å². The first-order valence-electron chi connectivity index (χ1n) is 16.4. The van der Waals surface area contributed by atoms with Gasteiger partial charge in [0.15, 0.2) is 0 Å². The van der Waals surface area contributed by atoms with Crippen molar-refractivity contribution in [3.8, 4) is 17.2 Å². The van der Waals surface area contributed by atoms with Gasteiger partial charge in [-0.15, -0.1) is 0 Å². The second kappa shape index (κ2) is 15.9. The van der Waals surface area contributed by atoms with Crippen LogP contribution in [0.15, 0.2) is 95.8 Å². The van der Waals surface area contributed by atoms with Gasteiger partial charge in [-0.2, -0.15) is 23.4 Å². The Labute approximate surface area is 288 Å². The Hall–Kier alpha value is -5.34. The van der Waals surface area contributed by atoms with Gasteiger partial charge in [-0.1, -0.05) is 68.4 Å². The Kier molecular flexibility index (Phi) is 11.4. The molecule has 0 spiro atoms. The van der Waals surface area contributed by atoms with Gasteiger partial charge < -0.3 is 14.4 Å². The van der Waals surface area contributed by atoms with Crippen LogP contribution in [0.2, 0.25) is 0 Å². The second-order valence-corrected chi connectivity index (χ2v) is 12.0. The molecule has 0 aliphatic carbocycles. The first kappa shape index (κ1) is 36.0. The van der Waals surface area contributed by atoms with E-state index in [0.29, 0.717) is 53.9 Å². The lowest BCUT2D eigenvalue weighted by molar-refractivity contribution is -0.137. The molecular weight excluding hydrogens is 646 g/mol. The Morgan fingerprint density at radius 2 is 1.50 bits per heavy atom. The van der Waals surface area contributed by atoms with Crippen LogP contribution in [0, 0.1) is 17.1 Å². The molecular formula is C39H37F4N5O2. The molecule has 1 amide bonds. The highest BCUT2D eigenvalue weighted by Crippen LogP contribution is 2.31. The number of amides is 1. The standard InChI is InChI=1S/C39H37F4N5O2/c1-3-46(4-2)21-22-47(25-28-9-13-29(14-10-28)30-15-17-32(18-16-30)39(41,42)43)37(49)26-48-35-8-6-5-7-33(35)38(50)45-36(48)20-12-27-11-19-34(40)31(23-27)24-44/h5-11,13-19,23H,3-4,12,20-22,25-26H2,1-2H3. The van der Waals surface area contributed by atoms with E-state index in [0.717, 1.165) is 36.3 Å². The Morgan fingerprint density at radius 3 is 2.14 bits per heavy atom. The zero-order valence-electron chi connectivity index (χ0n) is 27.9. The number of rotatable bonds is 13. The fourth-order valence-electron chi connectivity index (χ4n) is 5.91. The van der Waals surface area contributed by atoms with E-state index in [1.165, 1.54) is 24.3 Å². The lowest BCUT2D eigenvalue weighted by Crippen LogP contribution is -2.40. The van der Waals surface area contributed by atoms with Crippen molar-refractivity contribution >= 4 is 16.8 Å². The number of aryl methyl sites for hydroxylation is 2. The van der Waals surface area contributed by atoms with E-state index in [2.05, 4.69) is 23.7 Å². The van der Waals surface area contributed by atoms with Crippen molar-refractivity contribution in [2.45, 2.75) is 46.0 Å². The molecule has 0 aliphatic heterocycles. The van der Waals surface area contributed by atoms with E-state index in [1.54, 1.807) is 39.8 Å². The van der Waals surface area contributed by atoms with E-state index in [-0.39, 0.29) is 24.4 Å². The minimum Gasteiger partial charge on any atom is -0.336 e. The summed E-state index contributed by atoms with van der Waals surface area (Å²) in [4.78, 5) is 35.6. The van der Waals surface area contributed by atoms with Crippen LogP contribution in [0.1, 0.15) is 41.9 Å². The van der Waals surface area contributed by atoms with Crippen molar-refractivity contribution in [3.05, 3.63) is 135 Å². The number of benzene rings is 4. The molecule has 0 N–H and O–H groups in total. The summed E-state index contributed by atoms with van der Waals surface area (Å²) in [7, 11) is 0. The van der Waals surface area contributed by atoms with Crippen LogP contribution in [-0.4, -0.2) is 51.4 Å². The lowest BCUT2D eigenvalue weighted by Gasteiger charge is -2.28. The molecule has 4 aromatic carbocycles. The topological polar surface area (TPSA) is 82.2 Å². The number of halogens is 4. The SMILES string of the molecule is CCN(CC)CCN(Cc1ccc(-c2ccc(C(F)(F)F)cc2)cc1)C(=O)Cn1c(CCc2ccc(F)c(C#N)c2)nc(=O)c2ccccc21. The number of hydrogen-bond acceptors (Lipinski definition) is 5. The van der Waals surface area contributed by atoms with Crippen molar-refractivity contribution < 1.29 is 22.4 Å². The minimum absolute atomic E-state index is 0.0715. The van der Waals surface area contributed by atoms with E-state index < -0.39 is 23.1 Å². The van der Waals surface area contributed by atoms with Gasteiger partial charge in [0.25, 0.3) is 5.56 Å². The Balaban J connectivity index is 1.42. The number of fused-ring (bicyclic) bond motifs is 1. The summed E-state index contributed by atoms with van der Waals surface area (Å²) in [5.41, 5.74) is 2.32. The number of nitriles is 1. The van der Waals surface area contributed by atoms with Crippen LogP contribution < -0.4 is 5.56 Å². The van der Waals surface area contributed by atoms with Crippen LogP contribution in [0.3, 0.4) is 0 Å².